The van der Waals surface area contributed by atoms with Crippen LogP contribution in [0.4, 0.5) is 19.1 Å². The van der Waals surface area contributed by atoms with Crippen LogP contribution in [0.5, 0.6) is 17.2 Å². The molecular formula is C26H25F3N4O4. The summed E-state index contributed by atoms with van der Waals surface area (Å²) in [5.41, 5.74) is 2.38. The number of hydrogen-bond acceptors (Lipinski definition) is 7. The molecule has 0 saturated heterocycles. The van der Waals surface area contributed by atoms with E-state index in [9.17, 15) is 18.0 Å². The van der Waals surface area contributed by atoms with Gasteiger partial charge in [0, 0.05) is 17.7 Å². The van der Waals surface area contributed by atoms with E-state index in [4.69, 9.17) is 14.2 Å². The summed E-state index contributed by atoms with van der Waals surface area (Å²) >= 11 is 0. The molecule has 1 aliphatic heterocycles. The van der Waals surface area contributed by atoms with Crippen LogP contribution in [0.3, 0.4) is 0 Å². The SMILES string of the molecule is CCOc1ccc([C@H]2C3=C(C[C@@H](c4ccc(OC)c(OC)c4)CC3=O)Nc3nc(C(F)(F)F)nn32)cc1. The van der Waals surface area contributed by atoms with Crippen LogP contribution < -0.4 is 19.5 Å². The van der Waals surface area contributed by atoms with E-state index in [2.05, 4.69) is 15.4 Å². The van der Waals surface area contributed by atoms with Gasteiger partial charge in [0.15, 0.2) is 17.3 Å². The third-order valence-corrected chi connectivity index (χ3v) is 6.56. The van der Waals surface area contributed by atoms with Gasteiger partial charge < -0.3 is 19.5 Å². The van der Waals surface area contributed by atoms with Crippen molar-refractivity contribution in [3.05, 3.63) is 70.7 Å². The fourth-order valence-corrected chi connectivity index (χ4v) is 4.90. The van der Waals surface area contributed by atoms with Crippen molar-refractivity contribution < 1.29 is 32.2 Å². The van der Waals surface area contributed by atoms with Gasteiger partial charge in [-0.05, 0) is 54.7 Å². The summed E-state index contributed by atoms with van der Waals surface area (Å²) < 4.78 is 57.9. The van der Waals surface area contributed by atoms with Gasteiger partial charge in [0.2, 0.25) is 5.95 Å². The highest BCUT2D eigenvalue weighted by atomic mass is 19.4. The molecule has 8 nitrogen and oxygen atoms in total. The van der Waals surface area contributed by atoms with Crippen LogP contribution in [-0.4, -0.2) is 41.4 Å². The van der Waals surface area contributed by atoms with Crippen LogP contribution in [0.2, 0.25) is 0 Å². The molecule has 11 heteroatoms. The monoisotopic (exact) mass is 514 g/mol. The Bertz CT molecular complexity index is 1370. The smallest absolute Gasteiger partial charge is 0.453 e. The third kappa shape index (κ3) is 4.49. The maximum Gasteiger partial charge on any atom is 0.453 e. The first kappa shape index (κ1) is 24.7. The number of ketones is 1. The molecule has 3 aromatic rings. The summed E-state index contributed by atoms with van der Waals surface area (Å²) in [6.45, 7) is 2.33. The lowest BCUT2D eigenvalue weighted by atomic mass is 9.78. The number of fused-ring (bicyclic) bond motifs is 1. The zero-order valence-corrected chi connectivity index (χ0v) is 20.4. The average Bonchev–Trinajstić information content (AvgIpc) is 3.32. The zero-order valence-electron chi connectivity index (χ0n) is 20.4. The number of anilines is 1. The Morgan fingerprint density at radius 2 is 1.73 bits per heavy atom. The van der Waals surface area contributed by atoms with Crippen molar-refractivity contribution in [2.24, 2.45) is 0 Å². The second kappa shape index (κ2) is 9.45. The number of ether oxygens (including phenoxy) is 3. The van der Waals surface area contributed by atoms with E-state index in [1.807, 2.05) is 19.1 Å². The van der Waals surface area contributed by atoms with Gasteiger partial charge in [0.25, 0.3) is 5.82 Å². The number of halogens is 3. The lowest BCUT2D eigenvalue weighted by molar-refractivity contribution is -0.145. The number of hydrogen-bond donors (Lipinski definition) is 1. The molecule has 2 aromatic carbocycles. The first-order chi connectivity index (χ1) is 17.7. The summed E-state index contributed by atoms with van der Waals surface area (Å²) in [6.07, 6.45) is -4.15. The molecule has 1 aromatic heterocycles. The number of aromatic nitrogens is 3. The van der Waals surface area contributed by atoms with E-state index in [-0.39, 0.29) is 24.1 Å². The second-order valence-corrected chi connectivity index (χ2v) is 8.77. The molecule has 2 atom stereocenters. The zero-order chi connectivity index (χ0) is 26.3. The Balaban J connectivity index is 1.57. The Hall–Kier alpha value is -4.02. The maximum absolute atomic E-state index is 13.6. The molecule has 1 aliphatic carbocycles. The molecule has 0 unspecified atom stereocenters. The summed E-state index contributed by atoms with van der Waals surface area (Å²) in [5, 5.41) is 6.72. The normalized spacial score (nSPS) is 19.1. The minimum absolute atomic E-state index is 0.0641. The summed E-state index contributed by atoms with van der Waals surface area (Å²) in [5.74, 6) is -0.00984. The number of carbonyl (C=O) groups excluding carboxylic acids is 1. The lowest BCUT2D eigenvalue weighted by Gasteiger charge is -2.35. The van der Waals surface area contributed by atoms with Gasteiger partial charge in [0.1, 0.15) is 11.8 Å². The summed E-state index contributed by atoms with van der Waals surface area (Å²) in [7, 11) is 3.07. The number of benzene rings is 2. The van der Waals surface area contributed by atoms with Gasteiger partial charge in [-0.2, -0.15) is 18.2 Å². The molecule has 0 spiro atoms. The van der Waals surface area contributed by atoms with Gasteiger partial charge in [0.05, 0.1) is 20.8 Å². The summed E-state index contributed by atoms with van der Waals surface area (Å²) in [4.78, 5) is 17.3. The van der Waals surface area contributed by atoms with Crippen molar-refractivity contribution in [2.75, 3.05) is 26.1 Å². The predicted molar refractivity (Wildman–Crippen MR) is 128 cm³/mol. The van der Waals surface area contributed by atoms with Gasteiger partial charge in [-0.3, -0.25) is 4.79 Å². The van der Waals surface area contributed by atoms with Crippen molar-refractivity contribution in [1.29, 1.82) is 0 Å². The largest absolute Gasteiger partial charge is 0.494 e. The molecule has 194 valence electrons. The van der Waals surface area contributed by atoms with Gasteiger partial charge >= 0.3 is 6.18 Å². The quantitative estimate of drug-likeness (QED) is 0.488. The molecule has 0 saturated carbocycles. The number of carbonyl (C=O) groups is 1. The van der Waals surface area contributed by atoms with Gasteiger partial charge in [-0.25, -0.2) is 4.68 Å². The highest BCUT2D eigenvalue weighted by molar-refractivity contribution is 6.00. The molecule has 0 bridgehead atoms. The summed E-state index contributed by atoms with van der Waals surface area (Å²) in [6, 6.07) is 11.5. The van der Waals surface area contributed by atoms with Crippen molar-refractivity contribution in [3.63, 3.8) is 0 Å². The van der Waals surface area contributed by atoms with E-state index in [0.717, 1.165) is 10.2 Å². The van der Waals surface area contributed by atoms with Gasteiger partial charge in [-0.1, -0.05) is 18.2 Å². The number of alkyl halides is 3. The molecule has 5 rings (SSSR count). The van der Waals surface area contributed by atoms with E-state index in [1.165, 1.54) is 14.2 Å². The van der Waals surface area contributed by atoms with Crippen LogP contribution in [-0.2, 0) is 11.0 Å². The Kier molecular flexibility index (Phi) is 6.30. The minimum Gasteiger partial charge on any atom is -0.494 e. The predicted octanol–water partition coefficient (Wildman–Crippen LogP) is 5.13. The van der Waals surface area contributed by atoms with Crippen LogP contribution >= 0.6 is 0 Å². The highest BCUT2D eigenvalue weighted by Crippen LogP contribution is 2.46. The first-order valence-electron chi connectivity index (χ1n) is 11.7. The average molecular weight is 515 g/mol. The van der Waals surface area contributed by atoms with E-state index in [0.29, 0.717) is 47.1 Å². The topological polar surface area (TPSA) is 87.5 Å². The number of nitrogens with zero attached hydrogens (tertiary/aromatic N) is 3. The van der Waals surface area contributed by atoms with Crippen LogP contribution in [0, 0.1) is 0 Å². The minimum atomic E-state index is -4.73. The molecule has 2 aliphatic rings. The Labute approximate surface area is 211 Å². The maximum atomic E-state index is 13.6. The van der Waals surface area contributed by atoms with Crippen LogP contribution in [0.1, 0.15) is 48.7 Å². The Morgan fingerprint density at radius 3 is 2.38 bits per heavy atom. The molecule has 1 N–H and O–H groups in total. The molecule has 37 heavy (non-hydrogen) atoms. The van der Waals surface area contributed by atoms with Crippen LogP contribution in [0.25, 0.3) is 0 Å². The fraction of sp³-hybridized carbons (Fsp3) is 0.346. The highest BCUT2D eigenvalue weighted by Gasteiger charge is 2.43. The lowest BCUT2D eigenvalue weighted by Crippen LogP contribution is -2.33. The van der Waals surface area contributed by atoms with Crippen molar-refractivity contribution >= 4 is 11.7 Å². The molecule has 0 fully saturated rings. The molecular weight excluding hydrogens is 489 g/mol. The molecule has 2 heterocycles. The van der Waals surface area contributed by atoms with Gasteiger partial charge in [-0.15, -0.1) is 5.10 Å². The molecule has 0 radical (unpaired) electrons. The van der Waals surface area contributed by atoms with E-state index in [1.54, 1.807) is 30.3 Å². The van der Waals surface area contributed by atoms with Crippen LogP contribution in [0.15, 0.2) is 53.7 Å². The Morgan fingerprint density at radius 1 is 1.03 bits per heavy atom. The number of rotatable bonds is 6. The first-order valence-corrected chi connectivity index (χ1v) is 11.7. The number of allylic oxidation sites excluding steroid dienone is 2. The van der Waals surface area contributed by atoms with Crippen molar-refractivity contribution in [2.45, 2.75) is 37.9 Å². The third-order valence-electron chi connectivity index (χ3n) is 6.56. The fourth-order valence-electron chi connectivity index (χ4n) is 4.90. The standard InChI is InChI=1S/C26H25F3N4O4/c1-4-37-17-8-5-14(6-9-17)23-22-18(30-25-31-24(26(27,28)29)32-33(23)25)11-16(12-19(22)34)15-7-10-20(35-2)21(13-15)36-3/h5-10,13,16,23H,4,11-12H2,1-3H3,(H,30,31,32)/t16-,23+/m1/s1. The van der Waals surface area contributed by atoms with E-state index >= 15 is 0 Å². The molecule has 0 amide bonds. The van der Waals surface area contributed by atoms with E-state index < -0.39 is 18.0 Å². The van der Waals surface area contributed by atoms with Crippen molar-refractivity contribution in [1.82, 2.24) is 14.8 Å². The number of methoxy groups -OCH3 is 2. The second-order valence-electron chi connectivity index (χ2n) is 8.77. The number of Topliss-reactive ketones (excluding diaryl/α,β-unsaturated/α-hetero) is 1. The van der Waals surface area contributed by atoms with Crippen molar-refractivity contribution in [3.8, 4) is 17.2 Å². The number of nitrogens with one attached hydrogen (secondary N) is 1.